The predicted octanol–water partition coefficient (Wildman–Crippen LogP) is 4.77. The fourth-order valence-corrected chi connectivity index (χ4v) is 3.08. The number of rotatable bonds is 3. The minimum absolute atomic E-state index is 0.0212. The summed E-state index contributed by atoms with van der Waals surface area (Å²) in [6.07, 6.45) is 1.77. The van der Waals surface area contributed by atoms with E-state index >= 15 is 0 Å². The van der Waals surface area contributed by atoms with Gasteiger partial charge in [0.1, 0.15) is 0 Å². The van der Waals surface area contributed by atoms with Gasteiger partial charge < -0.3 is 5.32 Å². The van der Waals surface area contributed by atoms with E-state index in [1.807, 2.05) is 42.5 Å². The monoisotopic (exact) mass is 349 g/mol. The van der Waals surface area contributed by atoms with Crippen LogP contribution in [0.4, 0.5) is 5.69 Å². The molecule has 0 radical (unpaired) electrons. The SMILES string of the molecule is O=C(Nc1ccc(Br)cc1Cl)C1(c2ccccc2)CC1. The highest BCUT2D eigenvalue weighted by Crippen LogP contribution is 2.49. The lowest BCUT2D eigenvalue weighted by atomic mass is 9.95. The zero-order chi connectivity index (χ0) is 14.2. The van der Waals surface area contributed by atoms with Crippen LogP contribution in [0.25, 0.3) is 0 Å². The molecule has 0 bridgehead atoms. The Bertz CT molecular complexity index is 653. The average Bonchev–Trinajstić information content (AvgIpc) is 3.24. The molecule has 102 valence electrons. The Balaban J connectivity index is 1.83. The standard InChI is InChI=1S/C16H13BrClNO/c17-12-6-7-14(13(18)10-12)19-15(20)16(8-9-16)11-4-2-1-3-5-11/h1-7,10H,8-9H2,(H,19,20). The van der Waals surface area contributed by atoms with E-state index < -0.39 is 0 Å². The lowest BCUT2D eigenvalue weighted by molar-refractivity contribution is -0.118. The quantitative estimate of drug-likeness (QED) is 0.848. The summed E-state index contributed by atoms with van der Waals surface area (Å²) in [4.78, 5) is 12.6. The maximum Gasteiger partial charge on any atom is 0.235 e. The maximum absolute atomic E-state index is 12.6. The summed E-state index contributed by atoms with van der Waals surface area (Å²) < 4.78 is 0.893. The molecule has 0 atom stereocenters. The lowest BCUT2D eigenvalue weighted by Crippen LogP contribution is -2.27. The molecule has 2 aromatic carbocycles. The smallest absolute Gasteiger partial charge is 0.235 e. The zero-order valence-corrected chi connectivity index (χ0v) is 13.0. The van der Waals surface area contributed by atoms with Gasteiger partial charge in [-0.1, -0.05) is 57.9 Å². The van der Waals surface area contributed by atoms with Crippen molar-refractivity contribution in [3.05, 3.63) is 63.6 Å². The molecule has 1 aliphatic rings. The second-order valence-electron chi connectivity index (χ2n) is 5.03. The fraction of sp³-hybridized carbons (Fsp3) is 0.188. The van der Waals surface area contributed by atoms with Crippen molar-refractivity contribution < 1.29 is 4.79 Å². The van der Waals surface area contributed by atoms with E-state index in [1.165, 1.54) is 0 Å². The minimum Gasteiger partial charge on any atom is -0.324 e. The van der Waals surface area contributed by atoms with Gasteiger partial charge in [-0.2, -0.15) is 0 Å². The number of nitrogens with one attached hydrogen (secondary N) is 1. The first-order chi connectivity index (χ1) is 9.62. The molecule has 3 rings (SSSR count). The predicted molar refractivity (Wildman–Crippen MR) is 85.1 cm³/mol. The molecule has 1 aliphatic carbocycles. The molecule has 20 heavy (non-hydrogen) atoms. The number of halogens is 2. The van der Waals surface area contributed by atoms with Gasteiger partial charge in [-0.3, -0.25) is 4.79 Å². The van der Waals surface area contributed by atoms with Gasteiger partial charge in [0.25, 0.3) is 0 Å². The third kappa shape index (κ3) is 2.48. The first-order valence-corrected chi connectivity index (χ1v) is 7.61. The molecule has 4 heteroatoms. The van der Waals surface area contributed by atoms with Crippen LogP contribution >= 0.6 is 27.5 Å². The Morgan fingerprint density at radius 2 is 1.85 bits per heavy atom. The van der Waals surface area contributed by atoms with Crippen molar-refractivity contribution in [2.45, 2.75) is 18.3 Å². The molecule has 0 saturated heterocycles. The number of carbonyl (C=O) groups is 1. The molecule has 2 nitrogen and oxygen atoms in total. The largest absolute Gasteiger partial charge is 0.324 e. The molecule has 1 fully saturated rings. The molecule has 2 aromatic rings. The van der Waals surface area contributed by atoms with Crippen LogP contribution in [0.15, 0.2) is 53.0 Å². The summed E-state index contributed by atoms with van der Waals surface area (Å²) >= 11 is 9.50. The summed E-state index contributed by atoms with van der Waals surface area (Å²) in [7, 11) is 0. The summed E-state index contributed by atoms with van der Waals surface area (Å²) in [6.45, 7) is 0. The molecule has 0 unspecified atom stereocenters. The molecule has 1 N–H and O–H groups in total. The van der Waals surface area contributed by atoms with Crippen molar-refractivity contribution in [3.63, 3.8) is 0 Å². The molecular formula is C16H13BrClNO. The second-order valence-corrected chi connectivity index (χ2v) is 6.35. The highest BCUT2D eigenvalue weighted by atomic mass is 79.9. The van der Waals surface area contributed by atoms with Gasteiger partial charge in [-0.05, 0) is 36.6 Å². The van der Waals surface area contributed by atoms with Crippen LogP contribution in [-0.4, -0.2) is 5.91 Å². The summed E-state index contributed by atoms with van der Waals surface area (Å²) in [5.41, 5.74) is 1.35. The second kappa shape index (κ2) is 5.23. The Morgan fingerprint density at radius 3 is 2.45 bits per heavy atom. The molecule has 0 heterocycles. The summed E-state index contributed by atoms with van der Waals surface area (Å²) in [5, 5.41) is 3.49. The molecule has 1 saturated carbocycles. The number of benzene rings is 2. The highest BCUT2D eigenvalue weighted by molar-refractivity contribution is 9.10. The average molecular weight is 351 g/mol. The maximum atomic E-state index is 12.6. The van der Waals surface area contributed by atoms with Crippen molar-refractivity contribution in [1.29, 1.82) is 0 Å². The van der Waals surface area contributed by atoms with Crippen molar-refractivity contribution in [1.82, 2.24) is 0 Å². The Kier molecular flexibility index (Phi) is 3.57. The number of anilines is 1. The number of hydrogen-bond donors (Lipinski definition) is 1. The van der Waals surface area contributed by atoms with Gasteiger partial charge in [0.05, 0.1) is 16.1 Å². The minimum atomic E-state index is -0.377. The van der Waals surface area contributed by atoms with E-state index in [2.05, 4.69) is 21.2 Å². The highest BCUT2D eigenvalue weighted by Gasteiger charge is 2.51. The van der Waals surface area contributed by atoms with Crippen LogP contribution in [0.3, 0.4) is 0 Å². The molecular weight excluding hydrogens is 338 g/mol. The van der Waals surface area contributed by atoms with Crippen LogP contribution in [0.2, 0.25) is 5.02 Å². The van der Waals surface area contributed by atoms with Gasteiger partial charge in [0.15, 0.2) is 0 Å². The topological polar surface area (TPSA) is 29.1 Å². The first-order valence-electron chi connectivity index (χ1n) is 6.44. The Labute approximate surface area is 131 Å². The molecule has 0 spiro atoms. The van der Waals surface area contributed by atoms with E-state index in [1.54, 1.807) is 6.07 Å². The van der Waals surface area contributed by atoms with E-state index in [4.69, 9.17) is 11.6 Å². The number of hydrogen-bond acceptors (Lipinski definition) is 1. The van der Waals surface area contributed by atoms with Gasteiger partial charge in [0.2, 0.25) is 5.91 Å². The summed E-state index contributed by atoms with van der Waals surface area (Å²) in [5.74, 6) is 0.0212. The first kappa shape index (κ1) is 13.7. The number of carbonyl (C=O) groups excluding carboxylic acids is 1. The van der Waals surface area contributed by atoms with Gasteiger partial charge in [-0.15, -0.1) is 0 Å². The molecule has 0 aliphatic heterocycles. The van der Waals surface area contributed by atoms with Crippen LogP contribution in [-0.2, 0) is 10.2 Å². The van der Waals surface area contributed by atoms with Gasteiger partial charge in [-0.25, -0.2) is 0 Å². The van der Waals surface area contributed by atoms with Crippen molar-refractivity contribution in [2.24, 2.45) is 0 Å². The summed E-state index contributed by atoms with van der Waals surface area (Å²) in [6, 6.07) is 15.4. The van der Waals surface area contributed by atoms with Crippen molar-refractivity contribution in [3.8, 4) is 0 Å². The van der Waals surface area contributed by atoms with E-state index in [0.717, 1.165) is 22.9 Å². The third-order valence-corrected chi connectivity index (χ3v) is 4.50. The Morgan fingerprint density at radius 1 is 1.15 bits per heavy atom. The van der Waals surface area contributed by atoms with E-state index in [9.17, 15) is 4.79 Å². The molecule has 1 amide bonds. The normalized spacial score (nSPS) is 15.7. The van der Waals surface area contributed by atoms with Crippen LogP contribution < -0.4 is 5.32 Å². The number of amides is 1. The lowest BCUT2D eigenvalue weighted by Gasteiger charge is -2.16. The van der Waals surface area contributed by atoms with Crippen LogP contribution in [0.5, 0.6) is 0 Å². The zero-order valence-electron chi connectivity index (χ0n) is 10.7. The van der Waals surface area contributed by atoms with E-state index in [0.29, 0.717) is 10.7 Å². The van der Waals surface area contributed by atoms with Crippen molar-refractivity contribution >= 4 is 39.1 Å². The Hall–Kier alpha value is -1.32. The van der Waals surface area contributed by atoms with Crippen molar-refractivity contribution in [2.75, 3.05) is 5.32 Å². The fourth-order valence-electron chi connectivity index (χ4n) is 2.36. The van der Waals surface area contributed by atoms with Gasteiger partial charge >= 0.3 is 0 Å². The van der Waals surface area contributed by atoms with Gasteiger partial charge in [0, 0.05) is 4.47 Å². The molecule has 0 aromatic heterocycles. The van der Waals surface area contributed by atoms with Crippen LogP contribution in [0, 0.1) is 0 Å². The van der Waals surface area contributed by atoms with Crippen LogP contribution in [0.1, 0.15) is 18.4 Å². The van der Waals surface area contributed by atoms with E-state index in [-0.39, 0.29) is 11.3 Å². The third-order valence-electron chi connectivity index (χ3n) is 3.69.